The van der Waals surface area contributed by atoms with Gasteiger partial charge in [0.2, 0.25) is 0 Å². The predicted molar refractivity (Wildman–Crippen MR) is 79.1 cm³/mol. The van der Waals surface area contributed by atoms with E-state index in [1.54, 1.807) is 17.9 Å². The fraction of sp³-hybridized carbons (Fsp3) is 0.188. The van der Waals surface area contributed by atoms with Gasteiger partial charge in [0.05, 0.1) is 12.1 Å². The zero-order valence-corrected chi connectivity index (χ0v) is 11.6. The van der Waals surface area contributed by atoms with Gasteiger partial charge in [-0.05, 0) is 25.1 Å². The Kier molecular flexibility index (Phi) is 3.12. The van der Waals surface area contributed by atoms with Crippen molar-refractivity contribution < 1.29 is 8.78 Å². The van der Waals surface area contributed by atoms with E-state index in [1.165, 1.54) is 6.07 Å². The topological polar surface area (TPSA) is 41.6 Å². The molecule has 2 aromatic rings. The lowest BCUT2D eigenvalue weighted by atomic mass is 9.90. The molecule has 2 aromatic carbocycles. The van der Waals surface area contributed by atoms with E-state index in [2.05, 4.69) is 4.99 Å². The van der Waals surface area contributed by atoms with Gasteiger partial charge in [0.15, 0.2) is 17.6 Å². The molecule has 1 unspecified atom stereocenters. The van der Waals surface area contributed by atoms with Crippen LogP contribution >= 0.6 is 0 Å². The molecule has 0 saturated heterocycles. The summed E-state index contributed by atoms with van der Waals surface area (Å²) in [5.74, 6) is -1.43. The van der Waals surface area contributed by atoms with Crippen molar-refractivity contribution in [3.05, 3.63) is 65.7 Å². The van der Waals surface area contributed by atoms with Crippen LogP contribution in [0.1, 0.15) is 12.5 Å². The highest BCUT2D eigenvalue weighted by molar-refractivity contribution is 5.98. The first-order chi connectivity index (χ1) is 10.0. The fourth-order valence-electron chi connectivity index (χ4n) is 2.75. The van der Waals surface area contributed by atoms with Crippen LogP contribution in [0.15, 0.2) is 53.5 Å². The molecule has 1 atom stereocenters. The third-order valence-corrected chi connectivity index (χ3v) is 3.82. The van der Waals surface area contributed by atoms with E-state index in [-0.39, 0.29) is 12.1 Å². The standard InChI is InChI=1S/C16H15F2N3/c1-16(12-8-5-9-13(17)14(12)18)10-20-15(19)21(16)11-6-3-2-4-7-11/h2-9H,10H2,1H3,(H2,19,20). The minimum atomic E-state index is -0.868. The zero-order valence-electron chi connectivity index (χ0n) is 11.6. The monoisotopic (exact) mass is 287 g/mol. The molecule has 0 spiro atoms. The number of hydrogen-bond acceptors (Lipinski definition) is 3. The molecular weight excluding hydrogens is 272 g/mol. The SMILES string of the molecule is CC1(c2cccc(F)c2F)CN=C(N)N1c1ccccc1. The Labute approximate surface area is 121 Å². The van der Waals surface area contributed by atoms with Gasteiger partial charge in [0, 0.05) is 11.3 Å². The molecule has 3 nitrogen and oxygen atoms in total. The number of nitrogens with two attached hydrogens (primary N) is 1. The van der Waals surface area contributed by atoms with Gasteiger partial charge in [-0.3, -0.25) is 4.99 Å². The summed E-state index contributed by atoms with van der Waals surface area (Å²) in [4.78, 5) is 5.97. The van der Waals surface area contributed by atoms with Gasteiger partial charge >= 0.3 is 0 Å². The van der Waals surface area contributed by atoms with Crippen LogP contribution in [0.3, 0.4) is 0 Å². The summed E-state index contributed by atoms with van der Waals surface area (Å²) < 4.78 is 27.8. The summed E-state index contributed by atoms with van der Waals surface area (Å²) in [5.41, 5.74) is 6.16. The van der Waals surface area contributed by atoms with Gasteiger partial charge in [0.25, 0.3) is 0 Å². The second-order valence-electron chi connectivity index (χ2n) is 5.22. The molecule has 1 aliphatic heterocycles. The lowest BCUT2D eigenvalue weighted by Crippen LogP contribution is -2.48. The quantitative estimate of drug-likeness (QED) is 0.922. The Hall–Kier alpha value is -2.43. The number of anilines is 1. The van der Waals surface area contributed by atoms with Crippen molar-refractivity contribution in [2.75, 3.05) is 11.4 Å². The number of nitrogens with zero attached hydrogens (tertiary/aromatic N) is 2. The van der Waals surface area contributed by atoms with Crippen molar-refractivity contribution in [3.8, 4) is 0 Å². The molecule has 21 heavy (non-hydrogen) atoms. The molecule has 0 amide bonds. The molecule has 108 valence electrons. The van der Waals surface area contributed by atoms with Gasteiger partial charge in [-0.1, -0.05) is 30.3 Å². The van der Waals surface area contributed by atoms with E-state index >= 15 is 0 Å². The highest BCUT2D eigenvalue weighted by Crippen LogP contribution is 2.38. The van der Waals surface area contributed by atoms with Crippen LogP contribution in [-0.4, -0.2) is 12.5 Å². The van der Waals surface area contributed by atoms with E-state index in [0.717, 1.165) is 11.8 Å². The van der Waals surface area contributed by atoms with E-state index in [4.69, 9.17) is 5.73 Å². The zero-order chi connectivity index (χ0) is 15.0. The Bertz CT molecular complexity index is 700. The first-order valence-corrected chi connectivity index (χ1v) is 6.64. The molecule has 0 aromatic heterocycles. The van der Waals surface area contributed by atoms with Crippen molar-refractivity contribution in [1.82, 2.24) is 0 Å². The molecule has 2 N–H and O–H groups in total. The van der Waals surface area contributed by atoms with Crippen molar-refractivity contribution >= 4 is 11.6 Å². The molecule has 5 heteroatoms. The molecule has 1 aliphatic rings. The van der Waals surface area contributed by atoms with E-state index in [1.807, 2.05) is 30.3 Å². The number of guanidine groups is 1. The normalized spacial score (nSPS) is 21.5. The van der Waals surface area contributed by atoms with Crippen molar-refractivity contribution in [3.63, 3.8) is 0 Å². The molecule has 0 fully saturated rings. The Morgan fingerprint density at radius 3 is 2.52 bits per heavy atom. The number of hydrogen-bond donors (Lipinski definition) is 1. The summed E-state index contributed by atoms with van der Waals surface area (Å²) in [6.45, 7) is 2.08. The number of para-hydroxylation sites is 1. The van der Waals surface area contributed by atoms with Crippen molar-refractivity contribution in [2.45, 2.75) is 12.5 Å². The van der Waals surface area contributed by atoms with Gasteiger partial charge in [-0.25, -0.2) is 8.78 Å². The average Bonchev–Trinajstić information content (AvgIpc) is 2.79. The van der Waals surface area contributed by atoms with E-state index < -0.39 is 17.2 Å². The van der Waals surface area contributed by atoms with Crippen LogP contribution in [-0.2, 0) is 5.54 Å². The van der Waals surface area contributed by atoms with Crippen molar-refractivity contribution in [2.24, 2.45) is 10.7 Å². The van der Waals surface area contributed by atoms with Crippen molar-refractivity contribution in [1.29, 1.82) is 0 Å². The molecule has 3 rings (SSSR count). The maximum absolute atomic E-state index is 14.2. The summed E-state index contributed by atoms with van der Waals surface area (Å²) in [5, 5.41) is 0. The first kappa shape index (κ1) is 13.5. The molecule has 0 saturated carbocycles. The van der Waals surface area contributed by atoms with Crippen LogP contribution in [0.4, 0.5) is 14.5 Å². The second kappa shape index (κ2) is 4.84. The number of aliphatic imine (C=N–C) groups is 1. The van der Waals surface area contributed by atoms with Crippen LogP contribution in [0.5, 0.6) is 0 Å². The Morgan fingerprint density at radius 2 is 1.81 bits per heavy atom. The molecule has 0 bridgehead atoms. The highest BCUT2D eigenvalue weighted by atomic mass is 19.2. The Morgan fingerprint density at radius 1 is 1.10 bits per heavy atom. The number of benzene rings is 2. The number of halogens is 2. The minimum Gasteiger partial charge on any atom is -0.369 e. The van der Waals surface area contributed by atoms with Gasteiger partial charge in [-0.2, -0.15) is 0 Å². The van der Waals surface area contributed by atoms with Crippen LogP contribution < -0.4 is 10.6 Å². The molecule has 0 aliphatic carbocycles. The van der Waals surface area contributed by atoms with Gasteiger partial charge in [0.1, 0.15) is 0 Å². The lowest BCUT2D eigenvalue weighted by Gasteiger charge is -2.36. The number of rotatable bonds is 2. The van der Waals surface area contributed by atoms with Crippen LogP contribution in [0, 0.1) is 11.6 Å². The summed E-state index contributed by atoms with van der Waals surface area (Å²) in [6.07, 6.45) is 0. The second-order valence-corrected chi connectivity index (χ2v) is 5.22. The highest BCUT2D eigenvalue weighted by Gasteiger charge is 2.42. The third-order valence-electron chi connectivity index (χ3n) is 3.82. The largest absolute Gasteiger partial charge is 0.369 e. The summed E-state index contributed by atoms with van der Waals surface area (Å²) in [6, 6.07) is 13.5. The van der Waals surface area contributed by atoms with Crippen LogP contribution in [0.2, 0.25) is 0 Å². The minimum absolute atomic E-state index is 0.246. The van der Waals surface area contributed by atoms with Crippen LogP contribution in [0.25, 0.3) is 0 Å². The van der Waals surface area contributed by atoms with Gasteiger partial charge in [-0.15, -0.1) is 0 Å². The third kappa shape index (κ3) is 2.05. The van der Waals surface area contributed by atoms with E-state index in [0.29, 0.717) is 5.96 Å². The average molecular weight is 287 g/mol. The predicted octanol–water partition coefficient (Wildman–Crippen LogP) is 3.01. The first-order valence-electron chi connectivity index (χ1n) is 6.64. The summed E-state index contributed by atoms with van der Waals surface area (Å²) in [7, 11) is 0. The Balaban J connectivity index is 2.14. The smallest absolute Gasteiger partial charge is 0.196 e. The van der Waals surface area contributed by atoms with Gasteiger partial charge < -0.3 is 10.6 Å². The lowest BCUT2D eigenvalue weighted by molar-refractivity contribution is 0.449. The maximum atomic E-state index is 14.2. The summed E-state index contributed by atoms with van der Waals surface area (Å²) >= 11 is 0. The molecular formula is C16H15F2N3. The molecule has 0 radical (unpaired) electrons. The molecule has 1 heterocycles. The van der Waals surface area contributed by atoms with E-state index in [9.17, 15) is 8.78 Å². The fourth-order valence-corrected chi connectivity index (χ4v) is 2.75. The maximum Gasteiger partial charge on any atom is 0.196 e.